The molecule has 0 aromatic heterocycles. The van der Waals surface area contributed by atoms with E-state index in [0.717, 1.165) is 0 Å². The van der Waals surface area contributed by atoms with E-state index in [4.69, 9.17) is 10.8 Å². The zero-order valence-electron chi connectivity index (χ0n) is 7.45. The molecule has 0 spiro atoms. The summed E-state index contributed by atoms with van der Waals surface area (Å²) in [5.41, 5.74) is 4.70. The molecule has 4 N–H and O–H groups in total. The van der Waals surface area contributed by atoms with Crippen LogP contribution < -0.4 is 11.1 Å². The van der Waals surface area contributed by atoms with Crippen LogP contribution in [0.2, 0.25) is 0 Å². The van der Waals surface area contributed by atoms with Crippen molar-refractivity contribution in [2.45, 2.75) is 19.4 Å². The second-order valence-corrected chi connectivity index (χ2v) is 2.42. The van der Waals surface area contributed by atoms with E-state index in [1.54, 1.807) is 6.92 Å². The first-order valence-corrected chi connectivity index (χ1v) is 3.96. The van der Waals surface area contributed by atoms with Gasteiger partial charge in [0.05, 0.1) is 0 Å². The largest absolute Gasteiger partial charge is 0.480 e. The van der Waals surface area contributed by atoms with Gasteiger partial charge in [-0.15, -0.1) is 0 Å². The number of amides is 1. The number of carboxylic acids is 1. The zero-order chi connectivity index (χ0) is 10.3. The zero-order valence-corrected chi connectivity index (χ0v) is 7.45. The van der Waals surface area contributed by atoms with E-state index in [-0.39, 0.29) is 13.2 Å². The van der Waals surface area contributed by atoms with Crippen LogP contribution in [0.15, 0.2) is 0 Å². The third-order valence-corrected chi connectivity index (χ3v) is 1.44. The number of nitrogens with two attached hydrogens (primary N) is 1. The maximum atomic E-state index is 10.5. The van der Waals surface area contributed by atoms with Crippen LogP contribution in [-0.2, 0) is 9.53 Å². The Labute approximate surface area is 76.0 Å². The van der Waals surface area contributed by atoms with Gasteiger partial charge in [-0.1, -0.05) is 6.92 Å². The maximum absolute atomic E-state index is 10.5. The third kappa shape index (κ3) is 5.92. The van der Waals surface area contributed by atoms with E-state index >= 15 is 0 Å². The fourth-order valence-corrected chi connectivity index (χ4v) is 0.791. The molecular weight excluding hydrogens is 176 g/mol. The molecule has 0 bridgehead atoms. The fourth-order valence-electron chi connectivity index (χ4n) is 0.791. The molecule has 1 unspecified atom stereocenters. The van der Waals surface area contributed by atoms with Crippen molar-refractivity contribution in [2.24, 2.45) is 5.73 Å². The minimum atomic E-state index is -0.915. The molecule has 0 aromatic carbocycles. The van der Waals surface area contributed by atoms with Gasteiger partial charge in [0.1, 0.15) is 12.6 Å². The molecule has 1 atom stereocenters. The molecule has 0 aliphatic carbocycles. The van der Waals surface area contributed by atoms with Crippen LogP contribution in [0.3, 0.4) is 0 Å². The molecule has 76 valence electrons. The van der Waals surface area contributed by atoms with Gasteiger partial charge < -0.3 is 20.9 Å². The van der Waals surface area contributed by atoms with Crippen LogP contribution >= 0.6 is 0 Å². The average Bonchev–Trinajstić information content (AvgIpc) is 2.03. The number of nitrogens with one attached hydrogen (secondary N) is 1. The highest BCUT2D eigenvalue weighted by atomic mass is 16.5. The number of rotatable bonds is 6. The number of aliphatic carboxylic acids is 1. The van der Waals surface area contributed by atoms with Crippen molar-refractivity contribution in [1.82, 2.24) is 5.32 Å². The fraction of sp³-hybridized carbons (Fsp3) is 0.714. The standard InChI is InChI=1S/C7H14N2O4/c1-2-5(6(10)11)9-3-4-13-7(8)12/h5,9H,2-4H2,1H3,(H2,8,12)(H,10,11). The number of carboxylic acid groups (broad SMARTS) is 1. The van der Waals surface area contributed by atoms with Gasteiger partial charge in [-0.05, 0) is 6.42 Å². The van der Waals surface area contributed by atoms with E-state index in [1.807, 2.05) is 0 Å². The highest BCUT2D eigenvalue weighted by Gasteiger charge is 2.12. The topological polar surface area (TPSA) is 102 Å². The van der Waals surface area contributed by atoms with Gasteiger partial charge in [-0.3, -0.25) is 4.79 Å². The Morgan fingerprint density at radius 3 is 2.62 bits per heavy atom. The van der Waals surface area contributed by atoms with E-state index < -0.39 is 18.1 Å². The van der Waals surface area contributed by atoms with Crippen LogP contribution in [0.1, 0.15) is 13.3 Å². The summed E-state index contributed by atoms with van der Waals surface area (Å²) in [7, 11) is 0. The van der Waals surface area contributed by atoms with Crippen LogP contribution in [0, 0.1) is 0 Å². The quantitative estimate of drug-likeness (QED) is 0.492. The Morgan fingerprint density at radius 1 is 1.62 bits per heavy atom. The molecule has 0 aliphatic rings. The van der Waals surface area contributed by atoms with E-state index in [1.165, 1.54) is 0 Å². The summed E-state index contributed by atoms with van der Waals surface area (Å²) in [5.74, 6) is -0.915. The van der Waals surface area contributed by atoms with Crippen molar-refractivity contribution in [2.75, 3.05) is 13.2 Å². The predicted molar refractivity (Wildman–Crippen MR) is 45.3 cm³/mol. The summed E-state index contributed by atoms with van der Waals surface area (Å²) in [6.45, 7) is 2.12. The summed E-state index contributed by atoms with van der Waals surface area (Å²) < 4.78 is 4.40. The lowest BCUT2D eigenvalue weighted by molar-refractivity contribution is -0.139. The number of carbonyl (C=O) groups is 2. The lowest BCUT2D eigenvalue weighted by Gasteiger charge is -2.11. The second kappa shape index (κ2) is 6.24. The predicted octanol–water partition coefficient (Wildman–Crippen LogP) is -0.465. The molecule has 0 saturated heterocycles. The average molecular weight is 190 g/mol. The first kappa shape index (κ1) is 11.7. The second-order valence-electron chi connectivity index (χ2n) is 2.42. The molecule has 1 amide bonds. The monoisotopic (exact) mass is 190 g/mol. The van der Waals surface area contributed by atoms with Gasteiger partial charge in [-0.25, -0.2) is 4.79 Å². The number of carbonyl (C=O) groups excluding carboxylic acids is 1. The molecule has 6 heteroatoms. The summed E-state index contributed by atoms with van der Waals surface area (Å²) >= 11 is 0. The van der Waals surface area contributed by atoms with Gasteiger partial charge in [0.25, 0.3) is 0 Å². The Kier molecular flexibility index (Phi) is 5.62. The van der Waals surface area contributed by atoms with Gasteiger partial charge in [0.2, 0.25) is 0 Å². The first-order chi connectivity index (χ1) is 6.07. The highest BCUT2D eigenvalue weighted by molar-refractivity contribution is 5.73. The van der Waals surface area contributed by atoms with Gasteiger partial charge in [0, 0.05) is 6.54 Å². The highest BCUT2D eigenvalue weighted by Crippen LogP contribution is 1.89. The van der Waals surface area contributed by atoms with Gasteiger partial charge in [0.15, 0.2) is 0 Å². The molecule has 0 radical (unpaired) electrons. The van der Waals surface area contributed by atoms with Crippen molar-refractivity contribution < 1.29 is 19.4 Å². The van der Waals surface area contributed by atoms with Crippen molar-refractivity contribution in [3.05, 3.63) is 0 Å². The molecule has 0 rings (SSSR count). The van der Waals surface area contributed by atoms with Crippen molar-refractivity contribution in [3.8, 4) is 0 Å². The van der Waals surface area contributed by atoms with Crippen LogP contribution in [0.5, 0.6) is 0 Å². The Morgan fingerprint density at radius 2 is 2.23 bits per heavy atom. The molecule has 0 fully saturated rings. The van der Waals surface area contributed by atoms with E-state index in [0.29, 0.717) is 6.42 Å². The summed E-state index contributed by atoms with van der Waals surface area (Å²) in [6.07, 6.45) is -0.378. The lowest BCUT2D eigenvalue weighted by Crippen LogP contribution is -2.38. The van der Waals surface area contributed by atoms with Crippen molar-refractivity contribution >= 4 is 12.1 Å². The number of primary amides is 1. The number of ether oxygens (including phenoxy) is 1. The van der Waals surface area contributed by atoms with E-state index in [2.05, 4.69) is 10.1 Å². The Hall–Kier alpha value is -1.30. The molecule has 6 nitrogen and oxygen atoms in total. The molecule has 0 aromatic rings. The Bertz CT molecular complexity index is 183. The summed E-state index contributed by atoms with van der Waals surface area (Å²) in [4.78, 5) is 20.6. The smallest absolute Gasteiger partial charge is 0.404 e. The first-order valence-electron chi connectivity index (χ1n) is 3.96. The molecular formula is C7H14N2O4. The molecule has 13 heavy (non-hydrogen) atoms. The van der Waals surface area contributed by atoms with Crippen LogP contribution in [-0.4, -0.2) is 36.4 Å². The molecule has 0 saturated carbocycles. The molecule has 0 heterocycles. The van der Waals surface area contributed by atoms with Crippen molar-refractivity contribution in [3.63, 3.8) is 0 Å². The van der Waals surface area contributed by atoms with Gasteiger partial charge in [-0.2, -0.15) is 0 Å². The minimum absolute atomic E-state index is 0.0825. The van der Waals surface area contributed by atoms with Crippen LogP contribution in [0.4, 0.5) is 4.79 Å². The molecule has 0 aliphatic heterocycles. The maximum Gasteiger partial charge on any atom is 0.404 e. The SMILES string of the molecule is CCC(NCCOC(N)=O)C(=O)O. The van der Waals surface area contributed by atoms with Crippen LogP contribution in [0.25, 0.3) is 0 Å². The Balaban J connectivity index is 3.50. The van der Waals surface area contributed by atoms with Crippen molar-refractivity contribution in [1.29, 1.82) is 0 Å². The number of hydrogen-bond donors (Lipinski definition) is 3. The normalized spacial score (nSPS) is 12.1. The summed E-state index contributed by atoms with van der Waals surface area (Å²) in [5, 5.41) is 11.3. The number of hydrogen-bond acceptors (Lipinski definition) is 4. The minimum Gasteiger partial charge on any atom is -0.480 e. The van der Waals surface area contributed by atoms with E-state index in [9.17, 15) is 9.59 Å². The van der Waals surface area contributed by atoms with Gasteiger partial charge >= 0.3 is 12.1 Å². The lowest BCUT2D eigenvalue weighted by atomic mass is 10.2. The third-order valence-electron chi connectivity index (χ3n) is 1.44. The summed E-state index contributed by atoms with van der Waals surface area (Å²) in [6, 6.07) is -0.600.